The van der Waals surface area contributed by atoms with Gasteiger partial charge in [0.15, 0.2) is 0 Å². The van der Waals surface area contributed by atoms with Gasteiger partial charge in [-0.15, -0.1) is 0 Å². The van der Waals surface area contributed by atoms with Gasteiger partial charge in [0.05, 0.1) is 17.5 Å². The Hall–Kier alpha value is -3.70. The van der Waals surface area contributed by atoms with Gasteiger partial charge in [0.25, 0.3) is 5.91 Å². The van der Waals surface area contributed by atoms with Gasteiger partial charge in [-0.2, -0.15) is 10.2 Å². The third kappa shape index (κ3) is 4.25. The van der Waals surface area contributed by atoms with Gasteiger partial charge in [-0.05, 0) is 18.2 Å². The summed E-state index contributed by atoms with van der Waals surface area (Å²) in [7, 11) is 0. The molecule has 6 heteroatoms. The highest BCUT2D eigenvalue weighted by Crippen LogP contribution is 2.23. The number of carbonyl (C=O) groups is 1. The van der Waals surface area contributed by atoms with Crippen LogP contribution in [0.1, 0.15) is 15.9 Å². The molecular formula is C23H17ClN4O. The van der Waals surface area contributed by atoms with Gasteiger partial charge in [0.1, 0.15) is 5.69 Å². The second-order valence-corrected chi connectivity index (χ2v) is 6.67. The first-order chi connectivity index (χ1) is 14.2. The molecule has 1 aromatic heterocycles. The number of aromatic nitrogens is 2. The number of hydrazone groups is 1. The lowest BCUT2D eigenvalue weighted by molar-refractivity contribution is 0.0956. The van der Waals surface area contributed by atoms with E-state index in [1.54, 1.807) is 16.9 Å². The van der Waals surface area contributed by atoms with Crippen LogP contribution in [0.15, 0.2) is 96.2 Å². The largest absolute Gasteiger partial charge is 0.275 e. The minimum absolute atomic E-state index is 0.352. The van der Waals surface area contributed by atoms with Crippen LogP contribution in [0.5, 0.6) is 0 Å². The van der Waals surface area contributed by atoms with E-state index in [2.05, 4.69) is 15.6 Å². The number of nitrogens with zero attached hydrogens (tertiary/aromatic N) is 3. The Labute approximate surface area is 173 Å². The van der Waals surface area contributed by atoms with E-state index < -0.39 is 0 Å². The van der Waals surface area contributed by atoms with Crippen LogP contribution >= 0.6 is 11.6 Å². The zero-order valence-corrected chi connectivity index (χ0v) is 16.1. The van der Waals surface area contributed by atoms with Crippen molar-refractivity contribution in [3.63, 3.8) is 0 Å². The molecule has 0 aliphatic rings. The number of benzene rings is 3. The monoisotopic (exact) mass is 400 g/mol. The predicted octanol–water partition coefficient (Wildman–Crippen LogP) is 4.96. The Morgan fingerprint density at radius 2 is 1.59 bits per heavy atom. The van der Waals surface area contributed by atoms with Gasteiger partial charge in [-0.1, -0.05) is 78.3 Å². The molecular weight excluding hydrogens is 384 g/mol. The second-order valence-electron chi connectivity index (χ2n) is 6.26. The Bertz CT molecular complexity index is 1150. The van der Waals surface area contributed by atoms with Gasteiger partial charge in [0.2, 0.25) is 0 Å². The molecule has 142 valence electrons. The van der Waals surface area contributed by atoms with Crippen LogP contribution in [0, 0.1) is 0 Å². The molecule has 1 amide bonds. The van der Waals surface area contributed by atoms with Crippen molar-refractivity contribution < 1.29 is 4.79 Å². The van der Waals surface area contributed by atoms with E-state index >= 15 is 0 Å². The topological polar surface area (TPSA) is 59.3 Å². The molecule has 1 N–H and O–H groups in total. The standard InChI is InChI=1S/C23H17ClN4O/c24-21-14-8-7-11-18(21)15-25-26-23(29)20-16-28(19-12-5-2-6-13-19)27-22(20)17-9-3-1-4-10-17/h1-16H,(H,26,29)/b25-15-. The van der Waals surface area contributed by atoms with Gasteiger partial charge in [0, 0.05) is 22.3 Å². The fraction of sp³-hybridized carbons (Fsp3) is 0. The third-order valence-corrected chi connectivity index (χ3v) is 4.65. The number of para-hydroxylation sites is 1. The molecule has 0 aliphatic heterocycles. The quantitative estimate of drug-likeness (QED) is 0.380. The van der Waals surface area contributed by atoms with E-state index in [1.807, 2.05) is 78.9 Å². The SMILES string of the molecule is O=C(N/N=C\c1ccccc1Cl)c1cn(-c2ccccc2)nc1-c1ccccc1. The summed E-state index contributed by atoms with van der Waals surface area (Å²) in [5.41, 5.74) is 6.01. The van der Waals surface area contributed by atoms with Crippen molar-refractivity contribution in [1.82, 2.24) is 15.2 Å². The van der Waals surface area contributed by atoms with Crippen molar-refractivity contribution >= 4 is 23.7 Å². The fourth-order valence-electron chi connectivity index (χ4n) is 2.86. The minimum atomic E-state index is -0.352. The summed E-state index contributed by atoms with van der Waals surface area (Å²) in [5, 5.41) is 9.25. The van der Waals surface area contributed by atoms with E-state index in [1.165, 1.54) is 6.21 Å². The van der Waals surface area contributed by atoms with Crippen molar-refractivity contribution in [3.8, 4) is 16.9 Å². The smallest absolute Gasteiger partial charge is 0.267 e. The molecule has 29 heavy (non-hydrogen) atoms. The zero-order valence-electron chi connectivity index (χ0n) is 15.4. The van der Waals surface area contributed by atoms with E-state index in [-0.39, 0.29) is 5.91 Å². The zero-order chi connectivity index (χ0) is 20.1. The molecule has 5 nitrogen and oxygen atoms in total. The Kier molecular flexibility index (Phi) is 5.49. The number of hydrogen-bond acceptors (Lipinski definition) is 3. The van der Waals surface area contributed by atoms with Crippen LogP contribution in [0.25, 0.3) is 16.9 Å². The molecule has 1 heterocycles. The van der Waals surface area contributed by atoms with Crippen molar-refractivity contribution in [2.45, 2.75) is 0 Å². The van der Waals surface area contributed by atoms with E-state index in [0.29, 0.717) is 16.3 Å². The average Bonchev–Trinajstić information content (AvgIpc) is 3.22. The maximum atomic E-state index is 12.8. The first-order valence-electron chi connectivity index (χ1n) is 9.01. The summed E-state index contributed by atoms with van der Waals surface area (Å²) < 4.78 is 1.69. The second kappa shape index (κ2) is 8.54. The summed E-state index contributed by atoms with van der Waals surface area (Å²) >= 11 is 6.12. The molecule has 4 rings (SSSR count). The first-order valence-corrected chi connectivity index (χ1v) is 9.38. The Morgan fingerprint density at radius 3 is 2.31 bits per heavy atom. The summed E-state index contributed by atoms with van der Waals surface area (Å²) in [4.78, 5) is 12.8. The van der Waals surface area contributed by atoms with Gasteiger partial charge in [-0.25, -0.2) is 10.1 Å². The molecule has 0 saturated heterocycles. The highest BCUT2D eigenvalue weighted by atomic mass is 35.5. The van der Waals surface area contributed by atoms with Crippen LogP contribution in [-0.4, -0.2) is 21.9 Å². The van der Waals surface area contributed by atoms with E-state index in [4.69, 9.17) is 11.6 Å². The van der Waals surface area contributed by atoms with Crippen LogP contribution in [0.3, 0.4) is 0 Å². The molecule has 0 saturated carbocycles. The summed E-state index contributed by atoms with van der Waals surface area (Å²) in [6, 6.07) is 26.5. The minimum Gasteiger partial charge on any atom is -0.267 e. The normalized spacial score (nSPS) is 10.9. The van der Waals surface area contributed by atoms with Crippen molar-refractivity contribution in [2.75, 3.05) is 0 Å². The van der Waals surface area contributed by atoms with Crippen molar-refractivity contribution in [2.24, 2.45) is 5.10 Å². The maximum absolute atomic E-state index is 12.8. The van der Waals surface area contributed by atoms with Gasteiger partial charge < -0.3 is 0 Å². The summed E-state index contributed by atoms with van der Waals surface area (Å²) in [5.74, 6) is -0.352. The molecule has 0 fully saturated rings. The van der Waals surface area contributed by atoms with Crippen LogP contribution in [-0.2, 0) is 0 Å². The van der Waals surface area contributed by atoms with E-state index in [9.17, 15) is 4.79 Å². The molecule has 0 radical (unpaired) electrons. The molecule has 0 atom stereocenters. The number of rotatable bonds is 5. The lowest BCUT2D eigenvalue weighted by Gasteiger charge is -2.01. The molecule has 0 bridgehead atoms. The first kappa shape index (κ1) is 18.7. The van der Waals surface area contributed by atoms with Crippen molar-refractivity contribution in [1.29, 1.82) is 0 Å². The lowest BCUT2D eigenvalue weighted by atomic mass is 10.1. The van der Waals surface area contributed by atoms with Crippen LogP contribution < -0.4 is 5.43 Å². The third-order valence-electron chi connectivity index (χ3n) is 4.30. The van der Waals surface area contributed by atoms with E-state index in [0.717, 1.165) is 16.8 Å². The predicted molar refractivity (Wildman–Crippen MR) is 116 cm³/mol. The fourth-order valence-corrected chi connectivity index (χ4v) is 3.05. The van der Waals surface area contributed by atoms with Gasteiger partial charge >= 0.3 is 0 Å². The Morgan fingerprint density at radius 1 is 0.931 bits per heavy atom. The van der Waals surface area contributed by atoms with Crippen molar-refractivity contribution in [3.05, 3.63) is 107 Å². The number of nitrogens with one attached hydrogen (secondary N) is 1. The lowest BCUT2D eigenvalue weighted by Crippen LogP contribution is -2.18. The van der Waals surface area contributed by atoms with Crippen LogP contribution in [0.2, 0.25) is 5.02 Å². The van der Waals surface area contributed by atoms with Gasteiger partial charge in [-0.3, -0.25) is 4.79 Å². The Balaban J connectivity index is 1.65. The highest BCUT2D eigenvalue weighted by molar-refractivity contribution is 6.33. The highest BCUT2D eigenvalue weighted by Gasteiger charge is 2.18. The molecule has 3 aromatic carbocycles. The maximum Gasteiger partial charge on any atom is 0.275 e. The summed E-state index contributed by atoms with van der Waals surface area (Å²) in [6.07, 6.45) is 3.22. The molecule has 0 unspecified atom stereocenters. The average molecular weight is 401 g/mol. The number of amides is 1. The van der Waals surface area contributed by atoms with Crippen LogP contribution in [0.4, 0.5) is 0 Å². The molecule has 4 aromatic rings. The number of carbonyl (C=O) groups excluding carboxylic acids is 1. The summed E-state index contributed by atoms with van der Waals surface area (Å²) in [6.45, 7) is 0. The molecule has 0 aliphatic carbocycles. The number of hydrogen-bond donors (Lipinski definition) is 1. The molecule has 0 spiro atoms. The number of halogens is 1.